The van der Waals surface area contributed by atoms with Crippen LogP contribution in [0.15, 0.2) is 0 Å². The maximum absolute atomic E-state index is 12.7. The lowest BCUT2D eigenvalue weighted by atomic mass is 10.4. The molecule has 0 heterocycles. The van der Waals surface area contributed by atoms with Crippen molar-refractivity contribution >= 4 is 15.2 Å². The van der Waals surface area contributed by atoms with Gasteiger partial charge in [-0.1, -0.05) is 26.7 Å². The molecule has 0 aromatic rings. The second-order valence-corrected chi connectivity index (χ2v) is 9.28. The molecule has 0 aliphatic heterocycles. The van der Waals surface area contributed by atoms with Gasteiger partial charge in [0.25, 0.3) is 0 Å². The Bertz CT molecular complexity index is 465. The highest BCUT2D eigenvalue weighted by molar-refractivity contribution is 7.63. The molecule has 0 amide bonds. The van der Waals surface area contributed by atoms with Crippen molar-refractivity contribution in [2.24, 2.45) is 0 Å². The molecule has 24 heavy (non-hydrogen) atoms. The molecule has 0 saturated heterocycles. The third-order valence-electron chi connectivity index (χ3n) is 2.54. The van der Waals surface area contributed by atoms with Gasteiger partial charge in [0.05, 0.1) is 25.4 Å². The fraction of sp³-hybridized carbons (Fsp3) is 0.875. The van der Waals surface area contributed by atoms with E-state index in [0.29, 0.717) is 0 Å². The van der Waals surface area contributed by atoms with Gasteiger partial charge in [-0.05, 0) is 40.5 Å². The van der Waals surface area contributed by atoms with Crippen molar-refractivity contribution < 1.29 is 27.2 Å². The van der Waals surface area contributed by atoms with Crippen LogP contribution in [0.4, 0.5) is 0 Å². The molecule has 0 aromatic carbocycles. The predicted octanol–water partition coefficient (Wildman–Crippen LogP) is 5.77. The van der Waals surface area contributed by atoms with Gasteiger partial charge in [0.1, 0.15) is 0 Å². The molecule has 0 aliphatic carbocycles. The van der Waals surface area contributed by atoms with Gasteiger partial charge in [0, 0.05) is 11.3 Å². The number of hydrogen-bond donors (Lipinski definition) is 0. The maximum atomic E-state index is 12.7. The SMILES string of the molecule is CCCCOP(=O)(C#CP(=O)(OC(C)C)OC(C)C)OCCCC. The Morgan fingerprint density at radius 3 is 1.46 bits per heavy atom. The summed E-state index contributed by atoms with van der Waals surface area (Å²) in [6.45, 7) is 11.5. The van der Waals surface area contributed by atoms with Crippen LogP contribution in [0, 0.1) is 11.3 Å². The molecule has 0 rings (SSSR count). The molecule has 0 radical (unpaired) electrons. The molecule has 0 atom stereocenters. The fourth-order valence-corrected chi connectivity index (χ4v) is 4.70. The minimum absolute atomic E-state index is 0.273. The average Bonchev–Trinajstić information content (AvgIpc) is 2.44. The van der Waals surface area contributed by atoms with E-state index in [1.54, 1.807) is 27.7 Å². The Morgan fingerprint density at radius 1 is 0.750 bits per heavy atom. The van der Waals surface area contributed by atoms with Gasteiger partial charge in [-0.25, -0.2) is 9.13 Å². The van der Waals surface area contributed by atoms with Crippen LogP contribution in [-0.2, 0) is 27.2 Å². The van der Waals surface area contributed by atoms with E-state index in [4.69, 9.17) is 18.1 Å². The van der Waals surface area contributed by atoms with Crippen molar-refractivity contribution in [2.75, 3.05) is 13.2 Å². The third-order valence-corrected chi connectivity index (χ3v) is 5.93. The molecule has 0 aliphatic rings. The normalized spacial score (nSPS) is 12.5. The minimum atomic E-state index is -3.70. The summed E-state index contributed by atoms with van der Waals surface area (Å²) in [4.78, 5) is 0. The van der Waals surface area contributed by atoms with Crippen LogP contribution in [-0.4, -0.2) is 25.4 Å². The second kappa shape index (κ2) is 12.3. The molecule has 0 N–H and O–H groups in total. The van der Waals surface area contributed by atoms with Crippen LogP contribution in [0.3, 0.4) is 0 Å². The highest BCUT2D eigenvalue weighted by atomic mass is 31.2. The topological polar surface area (TPSA) is 71.1 Å². The van der Waals surface area contributed by atoms with E-state index in [9.17, 15) is 9.13 Å². The lowest BCUT2D eigenvalue weighted by Crippen LogP contribution is -2.06. The first-order valence-corrected chi connectivity index (χ1v) is 11.7. The summed E-state index contributed by atoms with van der Waals surface area (Å²) in [6.07, 6.45) is 2.59. The zero-order valence-electron chi connectivity index (χ0n) is 15.7. The number of hydrogen-bond acceptors (Lipinski definition) is 6. The second-order valence-electron chi connectivity index (χ2n) is 5.90. The quantitative estimate of drug-likeness (QED) is 0.242. The van der Waals surface area contributed by atoms with E-state index >= 15 is 0 Å². The van der Waals surface area contributed by atoms with Crippen LogP contribution in [0.5, 0.6) is 0 Å². The highest BCUT2D eigenvalue weighted by Crippen LogP contribution is 2.53. The van der Waals surface area contributed by atoms with Gasteiger partial charge < -0.3 is 0 Å². The van der Waals surface area contributed by atoms with E-state index in [1.807, 2.05) is 13.8 Å². The van der Waals surface area contributed by atoms with Crippen LogP contribution in [0.25, 0.3) is 0 Å². The summed E-state index contributed by atoms with van der Waals surface area (Å²) in [5, 5.41) is 0. The first kappa shape index (κ1) is 23.9. The van der Waals surface area contributed by atoms with Crippen molar-refractivity contribution in [3.05, 3.63) is 0 Å². The van der Waals surface area contributed by atoms with E-state index < -0.39 is 15.2 Å². The summed E-state index contributed by atoms with van der Waals surface area (Å²) < 4.78 is 46.8. The Balaban J connectivity index is 5.28. The van der Waals surface area contributed by atoms with E-state index in [1.165, 1.54) is 0 Å². The molecular weight excluding hydrogens is 350 g/mol. The Morgan fingerprint density at radius 2 is 1.12 bits per heavy atom. The molecular formula is C16H32O6P2. The molecule has 0 aromatic heterocycles. The summed E-state index contributed by atoms with van der Waals surface area (Å²) in [6, 6.07) is 0. The van der Waals surface area contributed by atoms with Gasteiger partial charge in [0.15, 0.2) is 0 Å². The molecule has 0 fully saturated rings. The summed E-state index contributed by atoms with van der Waals surface area (Å²) in [5.41, 5.74) is 4.81. The van der Waals surface area contributed by atoms with Gasteiger partial charge in [-0.2, -0.15) is 0 Å². The molecule has 6 nitrogen and oxygen atoms in total. The van der Waals surface area contributed by atoms with E-state index in [0.717, 1.165) is 25.7 Å². The van der Waals surface area contributed by atoms with Crippen molar-refractivity contribution in [3.8, 4) is 11.3 Å². The van der Waals surface area contributed by atoms with Crippen LogP contribution in [0.1, 0.15) is 67.2 Å². The first-order valence-electron chi connectivity index (χ1n) is 8.57. The van der Waals surface area contributed by atoms with E-state index in [-0.39, 0.29) is 25.4 Å². The lowest BCUT2D eigenvalue weighted by Gasteiger charge is -2.18. The summed E-state index contributed by atoms with van der Waals surface area (Å²) >= 11 is 0. The Hall–Kier alpha value is -0.140. The molecule has 142 valence electrons. The number of rotatable bonds is 12. The number of unbranched alkanes of at least 4 members (excludes halogenated alkanes) is 2. The van der Waals surface area contributed by atoms with Gasteiger partial charge in [-0.3, -0.25) is 18.1 Å². The van der Waals surface area contributed by atoms with Crippen molar-refractivity contribution in [1.82, 2.24) is 0 Å². The van der Waals surface area contributed by atoms with Gasteiger partial charge >= 0.3 is 15.2 Å². The Kier molecular flexibility index (Phi) is 12.2. The molecule has 0 unspecified atom stereocenters. The highest BCUT2D eigenvalue weighted by Gasteiger charge is 2.28. The van der Waals surface area contributed by atoms with E-state index in [2.05, 4.69) is 11.3 Å². The standard InChI is InChI=1S/C16H32O6P2/c1-7-9-11-19-23(17,20-12-10-8-2)13-14-24(18,21-15(3)4)22-16(5)6/h15-16H,7-12H2,1-6H3. The summed E-state index contributed by atoms with van der Waals surface area (Å²) in [7, 11) is -7.35. The van der Waals surface area contributed by atoms with Crippen LogP contribution >= 0.6 is 15.2 Å². The largest absolute Gasteiger partial charge is 0.406 e. The average molecular weight is 382 g/mol. The monoisotopic (exact) mass is 382 g/mol. The van der Waals surface area contributed by atoms with Crippen molar-refractivity contribution in [2.45, 2.75) is 79.4 Å². The Labute approximate surface area is 147 Å². The van der Waals surface area contributed by atoms with Gasteiger partial charge in [-0.15, -0.1) is 0 Å². The van der Waals surface area contributed by atoms with Crippen LogP contribution in [0.2, 0.25) is 0 Å². The zero-order valence-corrected chi connectivity index (χ0v) is 17.5. The van der Waals surface area contributed by atoms with Crippen molar-refractivity contribution in [3.63, 3.8) is 0 Å². The van der Waals surface area contributed by atoms with Gasteiger partial charge in [0.2, 0.25) is 0 Å². The fourth-order valence-electron chi connectivity index (χ4n) is 1.52. The lowest BCUT2D eigenvalue weighted by molar-refractivity contribution is 0.150. The van der Waals surface area contributed by atoms with Crippen LogP contribution < -0.4 is 0 Å². The zero-order chi connectivity index (χ0) is 18.6. The predicted molar refractivity (Wildman–Crippen MR) is 97.2 cm³/mol. The molecule has 0 bridgehead atoms. The molecule has 0 spiro atoms. The minimum Gasteiger partial charge on any atom is -0.299 e. The summed E-state index contributed by atoms with van der Waals surface area (Å²) in [5.74, 6) is 0. The first-order chi connectivity index (χ1) is 11.2. The molecule has 8 heteroatoms. The smallest absolute Gasteiger partial charge is 0.299 e. The third kappa shape index (κ3) is 11.4. The van der Waals surface area contributed by atoms with Crippen molar-refractivity contribution in [1.29, 1.82) is 0 Å². The maximum Gasteiger partial charge on any atom is 0.406 e. The molecule has 0 saturated carbocycles.